The number of anilines is 5. The van der Waals surface area contributed by atoms with E-state index < -0.39 is 0 Å². The average molecular weight is 436 g/mol. The molecule has 1 saturated heterocycles. The monoisotopic (exact) mass is 435 g/mol. The van der Waals surface area contributed by atoms with Crippen LogP contribution in [0.1, 0.15) is 5.56 Å². The van der Waals surface area contributed by atoms with Crippen LogP contribution in [0.3, 0.4) is 0 Å². The van der Waals surface area contributed by atoms with Crippen LogP contribution in [0.2, 0.25) is 0 Å². The van der Waals surface area contributed by atoms with Gasteiger partial charge in [-0.15, -0.1) is 11.3 Å². The molecule has 2 aromatic heterocycles. The number of thiophene rings is 1. The summed E-state index contributed by atoms with van der Waals surface area (Å²) in [5.74, 6) is 0.939. The van der Waals surface area contributed by atoms with E-state index in [-0.39, 0.29) is 5.82 Å². The largest absolute Gasteiger partial charge is 0.378 e. The van der Waals surface area contributed by atoms with Crippen LogP contribution in [0.25, 0.3) is 10.2 Å². The second-order valence-electron chi connectivity index (χ2n) is 7.39. The fourth-order valence-electron chi connectivity index (χ4n) is 3.61. The number of halogens is 1. The molecule has 0 spiro atoms. The molecule has 0 aliphatic carbocycles. The number of rotatable bonds is 5. The minimum Gasteiger partial charge on any atom is -0.378 e. The molecule has 5 rings (SSSR count). The quantitative estimate of drug-likeness (QED) is 0.434. The summed E-state index contributed by atoms with van der Waals surface area (Å²) in [6, 6.07) is 14.9. The van der Waals surface area contributed by atoms with E-state index in [1.54, 1.807) is 17.4 Å². The second-order valence-corrected chi connectivity index (χ2v) is 8.30. The van der Waals surface area contributed by atoms with Crippen LogP contribution >= 0.6 is 11.3 Å². The molecule has 4 aromatic rings. The van der Waals surface area contributed by atoms with Crippen molar-refractivity contribution in [3.05, 3.63) is 65.3 Å². The van der Waals surface area contributed by atoms with Gasteiger partial charge in [-0.1, -0.05) is 0 Å². The van der Waals surface area contributed by atoms with Crippen LogP contribution in [0.5, 0.6) is 0 Å². The number of hydrogen-bond donors (Lipinski definition) is 2. The van der Waals surface area contributed by atoms with E-state index in [1.807, 2.05) is 18.4 Å². The van der Waals surface area contributed by atoms with Gasteiger partial charge in [0.1, 0.15) is 5.82 Å². The zero-order chi connectivity index (χ0) is 21.2. The third-order valence-corrected chi connectivity index (χ3v) is 6.16. The minimum atomic E-state index is -0.264. The third kappa shape index (κ3) is 4.30. The highest BCUT2D eigenvalue weighted by atomic mass is 32.1. The topological polar surface area (TPSA) is 62.3 Å². The maximum atomic E-state index is 13.4. The molecule has 0 saturated carbocycles. The Morgan fingerprint density at radius 3 is 2.58 bits per heavy atom. The van der Waals surface area contributed by atoms with Crippen LogP contribution in [-0.4, -0.2) is 36.3 Å². The Balaban J connectivity index is 1.40. The zero-order valence-corrected chi connectivity index (χ0v) is 17.9. The first-order valence-corrected chi connectivity index (χ1v) is 11.0. The van der Waals surface area contributed by atoms with Gasteiger partial charge in [-0.2, -0.15) is 4.98 Å². The van der Waals surface area contributed by atoms with Gasteiger partial charge in [-0.05, 0) is 66.4 Å². The van der Waals surface area contributed by atoms with Crippen LogP contribution in [0.15, 0.2) is 53.9 Å². The summed E-state index contributed by atoms with van der Waals surface area (Å²) in [6.07, 6.45) is 0. The fourth-order valence-corrected chi connectivity index (χ4v) is 4.38. The molecule has 2 N–H and O–H groups in total. The lowest BCUT2D eigenvalue weighted by molar-refractivity contribution is 0.122. The predicted octanol–water partition coefficient (Wildman–Crippen LogP) is 5.46. The Kier molecular flexibility index (Phi) is 5.40. The molecular weight excluding hydrogens is 413 g/mol. The van der Waals surface area contributed by atoms with Crippen LogP contribution in [-0.2, 0) is 4.74 Å². The van der Waals surface area contributed by atoms with Gasteiger partial charge in [0, 0.05) is 30.2 Å². The highest BCUT2D eigenvalue weighted by Gasteiger charge is 2.13. The normalized spacial score (nSPS) is 14.1. The molecule has 3 heterocycles. The maximum absolute atomic E-state index is 13.4. The summed E-state index contributed by atoms with van der Waals surface area (Å²) >= 11 is 1.59. The van der Waals surface area contributed by atoms with E-state index in [4.69, 9.17) is 9.72 Å². The van der Waals surface area contributed by atoms with Crippen molar-refractivity contribution < 1.29 is 9.13 Å². The molecule has 6 nitrogen and oxygen atoms in total. The van der Waals surface area contributed by atoms with E-state index in [0.717, 1.165) is 59.3 Å². The zero-order valence-electron chi connectivity index (χ0n) is 17.1. The SMILES string of the molecule is Cc1cc(F)ccc1Nc1nc(Nc2ccc(N3CCOCC3)cc2)c2sccc2n1. The summed E-state index contributed by atoms with van der Waals surface area (Å²) in [4.78, 5) is 11.6. The molecule has 8 heteroatoms. The Hall–Kier alpha value is -3.23. The molecule has 31 heavy (non-hydrogen) atoms. The second kappa shape index (κ2) is 8.49. The molecular formula is C23H22FN5OS. The molecule has 1 fully saturated rings. The number of hydrogen-bond acceptors (Lipinski definition) is 7. The van der Waals surface area contributed by atoms with Gasteiger partial charge in [-0.25, -0.2) is 9.37 Å². The molecule has 0 bridgehead atoms. The highest BCUT2D eigenvalue weighted by molar-refractivity contribution is 7.17. The van der Waals surface area contributed by atoms with Crippen molar-refractivity contribution in [2.45, 2.75) is 6.92 Å². The van der Waals surface area contributed by atoms with E-state index in [9.17, 15) is 4.39 Å². The van der Waals surface area contributed by atoms with Crippen LogP contribution < -0.4 is 15.5 Å². The number of aryl methyl sites for hydroxylation is 1. The molecule has 0 atom stereocenters. The van der Waals surface area contributed by atoms with Crippen molar-refractivity contribution in [1.29, 1.82) is 0 Å². The number of nitrogens with zero attached hydrogens (tertiary/aromatic N) is 3. The Morgan fingerprint density at radius 1 is 1.00 bits per heavy atom. The molecule has 1 aliphatic rings. The third-order valence-electron chi connectivity index (χ3n) is 5.24. The molecule has 1 aliphatic heterocycles. The molecule has 2 aromatic carbocycles. The van der Waals surface area contributed by atoms with Gasteiger partial charge in [0.15, 0.2) is 5.82 Å². The summed E-state index contributed by atoms with van der Waals surface area (Å²) in [7, 11) is 0. The average Bonchev–Trinajstić information content (AvgIpc) is 3.26. The van der Waals surface area contributed by atoms with Crippen molar-refractivity contribution >= 4 is 50.4 Å². The van der Waals surface area contributed by atoms with Crippen molar-refractivity contribution in [2.75, 3.05) is 41.8 Å². The summed E-state index contributed by atoms with van der Waals surface area (Å²) in [5, 5.41) is 8.65. The summed E-state index contributed by atoms with van der Waals surface area (Å²) < 4.78 is 19.8. The van der Waals surface area contributed by atoms with E-state index in [2.05, 4.69) is 44.8 Å². The molecule has 158 valence electrons. The van der Waals surface area contributed by atoms with E-state index in [0.29, 0.717) is 5.95 Å². The Bertz CT molecular complexity index is 1200. The van der Waals surface area contributed by atoms with Gasteiger partial charge in [0.25, 0.3) is 0 Å². The number of benzene rings is 2. The lowest BCUT2D eigenvalue weighted by Gasteiger charge is -2.28. The summed E-state index contributed by atoms with van der Waals surface area (Å²) in [5.41, 5.74) is 4.56. The van der Waals surface area contributed by atoms with Gasteiger partial charge in [-0.3, -0.25) is 0 Å². The molecule has 0 radical (unpaired) electrons. The number of ether oxygens (including phenoxy) is 1. The number of nitrogens with one attached hydrogen (secondary N) is 2. The lowest BCUT2D eigenvalue weighted by atomic mass is 10.2. The minimum absolute atomic E-state index is 0.264. The standard InChI is InChI=1S/C23H22FN5OS/c1-15-14-16(24)2-7-19(15)26-23-27-20-8-13-31-21(20)22(28-23)25-17-3-5-18(6-4-17)29-9-11-30-12-10-29/h2-8,13-14H,9-12H2,1H3,(H2,25,26,27,28). The van der Waals surface area contributed by atoms with Crippen LogP contribution in [0, 0.1) is 12.7 Å². The Morgan fingerprint density at radius 2 is 1.81 bits per heavy atom. The fraction of sp³-hybridized carbons (Fsp3) is 0.217. The van der Waals surface area contributed by atoms with Gasteiger partial charge >= 0.3 is 0 Å². The first kappa shape index (κ1) is 19.7. The van der Waals surface area contributed by atoms with Gasteiger partial charge in [0.05, 0.1) is 23.4 Å². The van der Waals surface area contributed by atoms with Crippen LogP contribution in [0.4, 0.5) is 33.2 Å². The maximum Gasteiger partial charge on any atom is 0.229 e. The summed E-state index contributed by atoms with van der Waals surface area (Å²) in [6.45, 7) is 5.20. The van der Waals surface area contributed by atoms with Crippen molar-refractivity contribution in [1.82, 2.24) is 9.97 Å². The number of aromatic nitrogens is 2. The number of morpholine rings is 1. The van der Waals surface area contributed by atoms with Gasteiger partial charge < -0.3 is 20.3 Å². The lowest BCUT2D eigenvalue weighted by Crippen LogP contribution is -2.36. The van der Waals surface area contributed by atoms with Crippen molar-refractivity contribution in [3.63, 3.8) is 0 Å². The van der Waals surface area contributed by atoms with E-state index in [1.165, 1.54) is 17.8 Å². The molecule has 0 amide bonds. The van der Waals surface area contributed by atoms with Crippen molar-refractivity contribution in [3.8, 4) is 0 Å². The Labute approximate surface area is 183 Å². The smallest absolute Gasteiger partial charge is 0.229 e. The van der Waals surface area contributed by atoms with Crippen molar-refractivity contribution in [2.24, 2.45) is 0 Å². The first-order chi connectivity index (χ1) is 15.2. The highest BCUT2D eigenvalue weighted by Crippen LogP contribution is 2.31. The van der Waals surface area contributed by atoms with E-state index >= 15 is 0 Å². The first-order valence-electron chi connectivity index (χ1n) is 10.1. The van der Waals surface area contributed by atoms with Gasteiger partial charge in [0.2, 0.25) is 5.95 Å². The number of fused-ring (bicyclic) bond motifs is 1. The molecule has 0 unspecified atom stereocenters. The predicted molar refractivity (Wildman–Crippen MR) is 125 cm³/mol.